The fraction of sp³-hybridized carbons (Fsp3) is 0.118. The molecule has 0 saturated carbocycles. The summed E-state index contributed by atoms with van der Waals surface area (Å²) in [6.45, 7) is 0. The number of thioether (sulfide) groups is 1. The quantitative estimate of drug-likeness (QED) is 0.544. The zero-order chi connectivity index (χ0) is 16.4. The molecule has 0 atom stereocenters. The smallest absolute Gasteiger partial charge is 0.258 e. The van der Waals surface area contributed by atoms with Crippen molar-refractivity contribution in [1.82, 2.24) is 14.5 Å². The molecule has 3 heterocycles. The van der Waals surface area contributed by atoms with E-state index in [9.17, 15) is 4.79 Å². The van der Waals surface area contributed by atoms with Gasteiger partial charge in [0.25, 0.3) is 5.56 Å². The molecule has 0 aliphatic rings. The Hall–Kier alpha value is -2.38. The molecule has 0 N–H and O–H groups in total. The molecule has 0 amide bonds. The lowest BCUT2D eigenvalue weighted by molar-refractivity contribution is 0.397. The Labute approximate surface area is 146 Å². The number of thiazole rings is 1. The minimum absolute atomic E-state index is 0.0390. The van der Waals surface area contributed by atoms with Crippen LogP contribution in [0.1, 0.15) is 11.5 Å². The second-order valence-corrected chi connectivity index (χ2v) is 7.04. The van der Waals surface area contributed by atoms with Gasteiger partial charge in [0.2, 0.25) is 0 Å². The zero-order valence-corrected chi connectivity index (χ0v) is 14.2. The summed E-state index contributed by atoms with van der Waals surface area (Å²) in [7, 11) is 0. The molecule has 4 aromatic rings. The molecule has 0 aliphatic carbocycles. The van der Waals surface area contributed by atoms with Gasteiger partial charge in [0.05, 0.1) is 11.4 Å². The standard InChI is InChI=1S/C17H13N3O2S2/c21-16-8-13(18-17-20(16)6-7-24-17)10-23-11-14-9-15(19-22-14)12-4-2-1-3-5-12/h1-9H,10-11H2. The topological polar surface area (TPSA) is 60.4 Å². The lowest BCUT2D eigenvalue weighted by Crippen LogP contribution is -2.12. The molecule has 7 heteroatoms. The molecule has 24 heavy (non-hydrogen) atoms. The Balaban J connectivity index is 1.42. The third kappa shape index (κ3) is 3.13. The van der Waals surface area contributed by atoms with Gasteiger partial charge in [-0.1, -0.05) is 35.5 Å². The van der Waals surface area contributed by atoms with Crippen LogP contribution in [-0.2, 0) is 11.5 Å². The van der Waals surface area contributed by atoms with Gasteiger partial charge in [-0.25, -0.2) is 4.98 Å². The van der Waals surface area contributed by atoms with Crippen molar-refractivity contribution < 1.29 is 4.52 Å². The lowest BCUT2D eigenvalue weighted by atomic mass is 10.1. The van der Waals surface area contributed by atoms with Crippen LogP contribution in [0.25, 0.3) is 16.2 Å². The van der Waals surface area contributed by atoms with Crippen LogP contribution in [0.15, 0.2) is 63.4 Å². The second-order valence-electron chi connectivity index (χ2n) is 5.18. The molecule has 5 nitrogen and oxygen atoms in total. The van der Waals surface area contributed by atoms with Crippen LogP contribution in [0.4, 0.5) is 0 Å². The van der Waals surface area contributed by atoms with Gasteiger partial charge in [0.15, 0.2) is 4.96 Å². The molecule has 0 bridgehead atoms. The maximum Gasteiger partial charge on any atom is 0.258 e. The van der Waals surface area contributed by atoms with E-state index in [1.165, 1.54) is 11.3 Å². The summed E-state index contributed by atoms with van der Waals surface area (Å²) in [6, 6.07) is 13.5. The number of rotatable bonds is 5. The van der Waals surface area contributed by atoms with E-state index in [1.807, 2.05) is 41.8 Å². The highest BCUT2D eigenvalue weighted by molar-refractivity contribution is 7.97. The first kappa shape index (κ1) is 15.2. The van der Waals surface area contributed by atoms with E-state index in [1.54, 1.807) is 28.4 Å². The summed E-state index contributed by atoms with van der Waals surface area (Å²) in [5.74, 6) is 2.16. The van der Waals surface area contributed by atoms with Crippen LogP contribution in [0.2, 0.25) is 0 Å². The summed E-state index contributed by atoms with van der Waals surface area (Å²) in [5.41, 5.74) is 2.62. The highest BCUT2D eigenvalue weighted by Crippen LogP contribution is 2.22. The van der Waals surface area contributed by atoms with Gasteiger partial charge in [-0.15, -0.1) is 23.1 Å². The Morgan fingerprint density at radius 3 is 2.92 bits per heavy atom. The first-order chi connectivity index (χ1) is 11.8. The summed E-state index contributed by atoms with van der Waals surface area (Å²) >= 11 is 3.11. The molecule has 120 valence electrons. The Bertz CT molecular complexity index is 1020. The Morgan fingerprint density at radius 1 is 1.17 bits per heavy atom. The third-order valence-electron chi connectivity index (χ3n) is 3.48. The molecule has 4 rings (SSSR count). The van der Waals surface area contributed by atoms with Crippen molar-refractivity contribution in [2.24, 2.45) is 0 Å². The van der Waals surface area contributed by atoms with E-state index in [-0.39, 0.29) is 5.56 Å². The number of hydrogen-bond acceptors (Lipinski definition) is 6. The maximum atomic E-state index is 11.9. The summed E-state index contributed by atoms with van der Waals surface area (Å²) in [5, 5.41) is 5.97. The average molecular weight is 355 g/mol. The molecule has 3 aromatic heterocycles. The summed E-state index contributed by atoms with van der Waals surface area (Å²) in [4.78, 5) is 17.2. The van der Waals surface area contributed by atoms with E-state index >= 15 is 0 Å². The van der Waals surface area contributed by atoms with E-state index in [2.05, 4.69) is 10.1 Å². The van der Waals surface area contributed by atoms with Gasteiger partial charge in [-0.05, 0) is 0 Å². The average Bonchev–Trinajstić information content (AvgIpc) is 3.25. The molecular formula is C17H13N3O2S2. The number of aromatic nitrogens is 3. The first-order valence-corrected chi connectivity index (χ1v) is 9.37. The molecule has 0 aliphatic heterocycles. The van der Waals surface area contributed by atoms with Crippen molar-refractivity contribution >= 4 is 28.1 Å². The van der Waals surface area contributed by atoms with Crippen molar-refractivity contribution in [1.29, 1.82) is 0 Å². The highest BCUT2D eigenvalue weighted by atomic mass is 32.2. The fourth-order valence-corrected chi connectivity index (χ4v) is 3.88. The van der Waals surface area contributed by atoms with Crippen LogP contribution in [-0.4, -0.2) is 14.5 Å². The van der Waals surface area contributed by atoms with Crippen molar-refractivity contribution in [2.45, 2.75) is 11.5 Å². The van der Waals surface area contributed by atoms with Crippen LogP contribution in [0, 0.1) is 0 Å². The molecule has 0 radical (unpaired) electrons. The largest absolute Gasteiger partial charge is 0.360 e. The predicted molar refractivity (Wildman–Crippen MR) is 96.3 cm³/mol. The van der Waals surface area contributed by atoms with E-state index < -0.39 is 0 Å². The van der Waals surface area contributed by atoms with Crippen molar-refractivity contribution in [2.75, 3.05) is 0 Å². The molecule has 0 saturated heterocycles. The molecular weight excluding hydrogens is 342 g/mol. The second kappa shape index (κ2) is 6.62. The van der Waals surface area contributed by atoms with Crippen molar-refractivity contribution in [3.05, 3.63) is 75.8 Å². The van der Waals surface area contributed by atoms with Crippen LogP contribution >= 0.6 is 23.1 Å². The van der Waals surface area contributed by atoms with E-state index in [0.29, 0.717) is 11.5 Å². The number of hydrogen-bond donors (Lipinski definition) is 0. The SMILES string of the molecule is O=c1cc(CSCc2cc(-c3ccccc3)no2)nc2sccn12. The van der Waals surface area contributed by atoms with Gasteiger partial charge in [-0.3, -0.25) is 9.20 Å². The zero-order valence-electron chi connectivity index (χ0n) is 12.6. The highest BCUT2D eigenvalue weighted by Gasteiger charge is 2.08. The van der Waals surface area contributed by atoms with Gasteiger partial charge < -0.3 is 4.52 Å². The van der Waals surface area contributed by atoms with Crippen LogP contribution in [0.5, 0.6) is 0 Å². The van der Waals surface area contributed by atoms with Gasteiger partial charge in [-0.2, -0.15) is 0 Å². The lowest BCUT2D eigenvalue weighted by Gasteiger charge is -1.99. The minimum Gasteiger partial charge on any atom is -0.360 e. The Kier molecular flexibility index (Phi) is 4.18. The van der Waals surface area contributed by atoms with Crippen LogP contribution < -0.4 is 5.56 Å². The normalized spacial score (nSPS) is 11.2. The monoisotopic (exact) mass is 355 g/mol. The van der Waals surface area contributed by atoms with E-state index in [0.717, 1.165) is 27.7 Å². The van der Waals surface area contributed by atoms with Crippen LogP contribution in [0.3, 0.4) is 0 Å². The third-order valence-corrected chi connectivity index (χ3v) is 5.22. The van der Waals surface area contributed by atoms with Gasteiger partial charge in [0.1, 0.15) is 11.5 Å². The van der Waals surface area contributed by atoms with Crippen molar-refractivity contribution in [3.8, 4) is 11.3 Å². The van der Waals surface area contributed by atoms with Gasteiger partial charge in [0, 0.05) is 35.0 Å². The predicted octanol–water partition coefficient (Wildman–Crippen LogP) is 3.84. The molecule has 1 aromatic carbocycles. The Morgan fingerprint density at radius 2 is 2.04 bits per heavy atom. The van der Waals surface area contributed by atoms with Crippen molar-refractivity contribution in [3.63, 3.8) is 0 Å². The van der Waals surface area contributed by atoms with E-state index in [4.69, 9.17) is 4.52 Å². The maximum absolute atomic E-state index is 11.9. The number of nitrogens with zero attached hydrogens (tertiary/aromatic N) is 3. The number of fused-ring (bicyclic) bond motifs is 1. The fourth-order valence-electron chi connectivity index (χ4n) is 2.34. The van der Waals surface area contributed by atoms with Gasteiger partial charge >= 0.3 is 0 Å². The molecule has 0 spiro atoms. The number of benzene rings is 1. The summed E-state index contributed by atoms with van der Waals surface area (Å²) < 4.78 is 6.94. The summed E-state index contributed by atoms with van der Waals surface area (Å²) in [6.07, 6.45) is 1.74. The minimum atomic E-state index is -0.0390. The first-order valence-electron chi connectivity index (χ1n) is 7.34. The molecule has 0 fully saturated rings. The molecule has 0 unspecified atom stereocenters.